The van der Waals surface area contributed by atoms with Gasteiger partial charge in [-0.15, -0.1) is 0 Å². The van der Waals surface area contributed by atoms with Gasteiger partial charge in [0, 0.05) is 5.41 Å². The van der Waals surface area contributed by atoms with E-state index in [2.05, 4.69) is 39.0 Å². The van der Waals surface area contributed by atoms with Crippen LogP contribution in [0.3, 0.4) is 0 Å². The Morgan fingerprint density at radius 2 is 1.47 bits per heavy atom. The summed E-state index contributed by atoms with van der Waals surface area (Å²) in [7, 11) is 0. The van der Waals surface area contributed by atoms with Gasteiger partial charge in [-0.1, -0.05) is 43.7 Å². The smallest absolute Gasteiger partial charge is 0.115 e. The van der Waals surface area contributed by atoms with Crippen LogP contribution in [0, 0.1) is 6.92 Å². The average Bonchev–Trinajstić information content (AvgIpc) is 2.49. The maximum Gasteiger partial charge on any atom is 0.115 e. The van der Waals surface area contributed by atoms with Crippen LogP contribution in [-0.4, -0.2) is 5.11 Å². The van der Waals surface area contributed by atoms with Crippen molar-refractivity contribution >= 4 is 0 Å². The first-order valence-electron chi connectivity index (χ1n) is 5.95. The highest BCUT2D eigenvalue weighted by Gasteiger charge is 2.35. The lowest BCUT2D eigenvalue weighted by Gasteiger charge is -2.21. The fourth-order valence-corrected chi connectivity index (χ4v) is 2.84. The highest BCUT2D eigenvalue weighted by molar-refractivity contribution is 5.81. The van der Waals surface area contributed by atoms with E-state index >= 15 is 0 Å². The third kappa shape index (κ3) is 1.32. The second kappa shape index (κ2) is 3.13. The minimum Gasteiger partial charge on any atom is -0.508 e. The number of rotatable bonds is 0. The van der Waals surface area contributed by atoms with E-state index in [9.17, 15) is 5.11 Å². The predicted molar refractivity (Wildman–Crippen MR) is 70.4 cm³/mol. The summed E-state index contributed by atoms with van der Waals surface area (Å²) >= 11 is 0. The van der Waals surface area contributed by atoms with Crippen molar-refractivity contribution in [1.29, 1.82) is 0 Å². The van der Waals surface area contributed by atoms with Gasteiger partial charge < -0.3 is 5.11 Å². The SMILES string of the molecule is Cc1ccc2c(c1)C(C)(C)c1cc(O)ccc1-2. The number of benzene rings is 2. The van der Waals surface area contributed by atoms with Gasteiger partial charge in [-0.2, -0.15) is 0 Å². The summed E-state index contributed by atoms with van der Waals surface area (Å²) in [5, 5.41) is 9.66. The minimum absolute atomic E-state index is 0.0184. The van der Waals surface area contributed by atoms with Crippen LogP contribution in [0.1, 0.15) is 30.5 Å². The highest BCUT2D eigenvalue weighted by Crippen LogP contribution is 2.49. The molecule has 2 aromatic rings. The number of phenolic OH excluding ortho intramolecular Hbond substituents is 1. The topological polar surface area (TPSA) is 20.2 Å². The first-order valence-corrected chi connectivity index (χ1v) is 5.95. The van der Waals surface area contributed by atoms with Gasteiger partial charge in [-0.3, -0.25) is 0 Å². The molecular weight excluding hydrogens is 208 g/mol. The molecule has 1 N–H and O–H groups in total. The molecule has 0 amide bonds. The van der Waals surface area contributed by atoms with E-state index in [-0.39, 0.29) is 5.41 Å². The van der Waals surface area contributed by atoms with Crippen LogP contribution in [0.15, 0.2) is 36.4 Å². The third-order valence-corrected chi connectivity index (χ3v) is 3.82. The summed E-state index contributed by atoms with van der Waals surface area (Å²) in [5.74, 6) is 0.348. The van der Waals surface area contributed by atoms with Crippen LogP contribution in [0.25, 0.3) is 11.1 Å². The summed E-state index contributed by atoms with van der Waals surface area (Å²) in [4.78, 5) is 0. The maximum absolute atomic E-state index is 9.66. The van der Waals surface area contributed by atoms with E-state index in [0.29, 0.717) is 5.75 Å². The van der Waals surface area contributed by atoms with Gasteiger partial charge in [0.25, 0.3) is 0 Å². The molecule has 0 fully saturated rings. The molecule has 0 atom stereocenters. The van der Waals surface area contributed by atoms with Crippen LogP contribution in [0.5, 0.6) is 5.75 Å². The molecule has 0 bridgehead atoms. The van der Waals surface area contributed by atoms with Crippen LogP contribution < -0.4 is 0 Å². The van der Waals surface area contributed by atoms with E-state index < -0.39 is 0 Å². The van der Waals surface area contributed by atoms with Crippen molar-refractivity contribution in [2.75, 3.05) is 0 Å². The van der Waals surface area contributed by atoms with Crippen molar-refractivity contribution in [1.82, 2.24) is 0 Å². The molecule has 0 heterocycles. The average molecular weight is 224 g/mol. The molecule has 0 radical (unpaired) electrons. The lowest BCUT2D eigenvalue weighted by molar-refractivity contribution is 0.473. The van der Waals surface area contributed by atoms with Crippen molar-refractivity contribution in [3.8, 4) is 16.9 Å². The molecular formula is C16H16O. The standard InChI is InChI=1S/C16H16O/c1-10-4-6-12-13-7-5-11(17)9-15(13)16(2,3)14(12)8-10/h4-9,17H,1-3H3. The molecule has 0 unspecified atom stereocenters. The largest absolute Gasteiger partial charge is 0.508 e. The van der Waals surface area contributed by atoms with Crippen molar-refractivity contribution < 1.29 is 5.11 Å². The van der Waals surface area contributed by atoms with Crippen LogP contribution in [0.4, 0.5) is 0 Å². The Kier molecular flexibility index (Phi) is 1.91. The molecule has 86 valence electrons. The molecule has 0 spiro atoms. The van der Waals surface area contributed by atoms with Crippen molar-refractivity contribution in [2.24, 2.45) is 0 Å². The van der Waals surface area contributed by atoms with Crippen LogP contribution in [0.2, 0.25) is 0 Å². The first-order chi connectivity index (χ1) is 8.00. The number of hydrogen-bond acceptors (Lipinski definition) is 1. The number of aromatic hydroxyl groups is 1. The van der Waals surface area contributed by atoms with E-state index in [1.54, 1.807) is 6.07 Å². The number of aryl methyl sites for hydroxylation is 1. The Morgan fingerprint density at radius 1 is 0.882 bits per heavy atom. The van der Waals surface area contributed by atoms with Gasteiger partial charge in [0.15, 0.2) is 0 Å². The highest BCUT2D eigenvalue weighted by atomic mass is 16.3. The Labute approximate surface area is 102 Å². The van der Waals surface area contributed by atoms with Crippen LogP contribution in [-0.2, 0) is 5.41 Å². The number of phenols is 1. The van der Waals surface area contributed by atoms with Gasteiger partial charge >= 0.3 is 0 Å². The summed E-state index contributed by atoms with van der Waals surface area (Å²) in [5.41, 5.74) is 6.40. The van der Waals surface area contributed by atoms with E-state index in [1.807, 2.05) is 12.1 Å². The molecule has 17 heavy (non-hydrogen) atoms. The quantitative estimate of drug-likeness (QED) is 0.717. The monoisotopic (exact) mass is 224 g/mol. The van der Waals surface area contributed by atoms with Crippen molar-refractivity contribution in [2.45, 2.75) is 26.2 Å². The molecule has 0 saturated carbocycles. The van der Waals surface area contributed by atoms with Gasteiger partial charge in [-0.25, -0.2) is 0 Å². The Hall–Kier alpha value is -1.76. The van der Waals surface area contributed by atoms with Gasteiger partial charge in [-0.05, 0) is 41.3 Å². The zero-order valence-corrected chi connectivity index (χ0v) is 10.4. The summed E-state index contributed by atoms with van der Waals surface area (Å²) in [6, 6.07) is 12.3. The number of fused-ring (bicyclic) bond motifs is 3. The minimum atomic E-state index is -0.0184. The summed E-state index contributed by atoms with van der Waals surface area (Å²) < 4.78 is 0. The lowest BCUT2D eigenvalue weighted by Crippen LogP contribution is -2.14. The van der Waals surface area contributed by atoms with Gasteiger partial charge in [0.05, 0.1) is 0 Å². The van der Waals surface area contributed by atoms with Crippen molar-refractivity contribution in [3.63, 3.8) is 0 Å². The zero-order chi connectivity index (χ0) is 12.2. The fraction of sp³-hybridized carbons (Fsp3) is 0.250. The Morgan fingerprint density at radius 3 is 2.18 bits per heavy atom. The zero-order valence-electron chi connectivity index (χ0n) is 10.4. The van der Waals surface area contributed by atoms with E-state index in [1.165, 1.54) is 27.8 Å². The fourth-order valence-electron chi connectivity index (χ4n) is 2.84. The molecule has 0 aliphatic heterocycles. The lowest BCUT2D eigenvalue weighted by atomic mass is 9.82. The molecule has 1 heteroatoms. The third-order valence-electron chi connectivity index (χ3n) is 3.82. The Bertz CT molecular complexity index is 555. The normalized spacial score (nSPS) is 15.5. The molecule has 0 saturated heterocycles. The molecule has 2 aromatic carbocycles. The first kappa shape index (κ1) is 10.4. The van der Waals surface area contributed by atoms with Gasteiger partial charge in [0.2, 0.25) is 0 Å². The maximum atomic E-state index is 9.66. The van der Waals surface area contributed by atoms with E-state index in [4.69, 9.17) is 0 Å². The van der Waals surface area contributed by atoms with Crippen molar-refractivity contribution in [3.05, 3.63) is 53.1 Å². The second-order valence-corrected chi connectivity index (χ2v) is 5.40. The molecule has 1 aliphatic rings. The second-order valence-electron chi connectivity index (χ2n) is 5.40. The van der Waals surface area contributed by atoms with Gasteiger partial charge in [0.1, 0.15) is 5.75 Å². The molecule has 1 nitrogen and oxygen atoms in total. The summed E-state index contributed by atoms with van der Waals surface area (Å²) in [6.07, 6.45) is 0. The van der Waals surface area contributed by atoms with E-state index in [0.717, 1.165) is 0 Å². The van der Waals surface area contributed by atoms with Crippen LogP contribution >= 0.6 is 0 Å². The number of hydrogen-bond donors (Lipinski definition) is 1. The predicted octanol–water partition coefficient (Wildman–Crippen LogP) is 4.01. The summed E-state index contributed by atoms with van der Waals surface area (Å²) in [6.45, 7) is 6.56. The molecule has 0 aromatic heterocycles. The molecule has 3 rings (SSSR count). The molecule has 1 aliphatic carbocycles. The Balaban J connectivity index is 2.37.